The molecule has 1 heterocycles. The van der Waals surface area contributed by atoms with Crippen LogP contribution < -0.4 is 11.1 Å². The van der Waals surface area contributed by atoms with Gasteiger partial charge in [0, 0.05) is 19.6 Å². The molecule has 3 N–H and O–H groups in total. The van der Waals surface area contributed by atoms with Crippen molar-refractivity contribution in [3.63, 3.8) is 0 Å². The van der Waals surface area contributed by atoms with Gasteiger partial charge in [-0.1, -0.05) is 24.3 Å². The van der Waals surface area contributed by atoms with Crippen LogP contribution >= 0.6 is 0 Å². The maximum absolute atomic E-state index is 12.5. The van der Waals surface area contributed by atoms with Crippen LogP contribution in [0.2, 0.25) is 0 Å². The van der Waals surface area contributed by atoms with Gasteiger partial charge in [-0.3, -0.25) is 9.59 Å². The predicted octanol–water partition coefficient (Wildman–Crippen LogP) is 0.207. The first-order valence-corrected chi connectivity index (χ1v) is 6.49. The predicted molar refractivity (Wildman–Crippen MR) is 72.3 cm³/mol. The van der Waals surface area contributed by atoms with Crippen molar-refractivity contribution in [3.8, 4) is 0 Å². The maximum Gasteiger partial charge on any atom is 0.237 e. The molecule has 0 aromatic heterocycles. The van der Waals surface area contributed by atoms with Crippen LogP contribution in [0.5, 0.6) is 0 Å². The highest BCUT2D eigenvalue weighted by Crippen LogP contribution is 2.25. The third-order valence-corrected chi connectivity index (χ3v) is 3.43. The zero-order valence-electron chi connectivity index (χ0n) is 11.1. The Bertz CT molecular complexity index is 487. The normalized spacial score (nSPS) is 17.6. The van der Waals surface area contributed by atoms with Gasteiger partial charge in [-0.25, -0.2) is 0 Å². The fourth-order valence-electron chi connectivity index (χ4n) is 2.47. The second kappa shape index (κ2) is 5.84. The molecular formula is C14H19N3O2. The number of carbonyl (C=O) groups excluding carboxylic acids is 2. The van der Waals surface area contributed by atoms with Crippen LogP contribution in [0.4, 0.5) is 0 Å². The van der Waals surface area contributed by atoms with Gasteiger partial charge in [0.15, 0.2) is 0 Å². The van der Waals surface area contributed by atoms with E-state index in [0.29, 0.717) is 13.1 Å². The molecule has 0 saturated heterocycles. The number of amides is 2. The minimum atomic E-state index is -0.479. The average Bonchev–Trinajstić information content (AvgIpc) is 2.43. The van der Waals surface area contributed by atoms with Crippen molar-refractivity contribution in [2.24, 2.45) is 5.73 Å². The highest BCUT2D eigenvalue weighted by atomic mass is 16.2. The second-order valence-corrected chi connectivity index (χ2v) is 4.70. The van der Waals surface area contributed by atoms with E-state index in [4.69, 9.17) is 5.73 Å². The summed E-state index contributed by atoms with van der Waals surface area (Å²) >= 11 is 0. The maximum atomic E-state index is 12.5. The van der Waals surface area contributed by atoms with Crippen LogP contribution in [0.25, 0.3) is 0 Å². The molecule has 0 bridgehead atoms. The molecule has 1 aliphatic rings. The first kappa shape index (κ1) is 13.5. The number of rotatable bonds is 4. The van der Waals surface area contributed by atoms with Crippen LogP contribution in [-0.4, -0.2) is 36.3 Å². The fourth-order valence-corrected chi connectivity index (χ4v) is 2.47. The summed E-state index contributed by atoms with van der Waals surface area (Å²) in [6, 6.07) is 7.91. The summed E-state index contributed by atoms with van der Waals surface area (Å²) in [5.74, 6) is -0.752. The summed E-state index contributed by atoms with van der Waals surface area (Å²) in [7, 11) is 0. The molecule has 0 spiro atoms. The van der Waals surface area contributed by atoms with E-state index in [-0.39, 0.29) is 18.4 Å². The fraction of sp³-hybridized carbons (Fsp3) is 0.429. The van der Waals surface area contributed by atoms with Crippen molar-refractivity contribution in [2.45, 2.75) is 19.4 Å². The van der Waals surface area contributed by atoms with Gasteiger partial charge in [0.25, 0.3) is 0 Å². The van der Waals surface area contributed by atoms with E-state index in [2.05, 4.69) is 5.32 Å². The molecule has 0 saturated carbocycles. The quantitative estimate of drug-likeness (QED) is 0.813. The summed E-state index contributed by atoms with van der Waals surface area (Å²) in [5.41, 5.74) is 7.37. The Hall–Kier alpha value is -1.88. The summed E-state index contributed by atoms with van der Waals surface area (Å²) in [4.78, 5) is 25.0. The number of hydrogen-bond donors (Lipinski definition) is 2. The van der Waals surface area contributed by atoms with Crippen molar-refractivity contribution in [2.75, 3.05) is 19.6 Å². The van der Waals surface area contributed by atoms with E-state index < -0.39 is 5.91 Å². The molecule has 102 valence electrons. The van der Waals surface area contributed by atoms with Crippen molar-refractivity contribution in [1.29, 1.82) is 0 Å². The minimum absolute atomic E-state index is 0.0198. The molecule has 2 rings (SSSR count). The highest BCUT2D eigenvalue weighted by molar-refractivity contribution is 5.88. The van der Waals surface area contributed by atoms with E-state index in [1.54, 1.807) is 0 Å². The van der Waals surface area contributed by atoms with Crippen LogP contribution in [0.15, 0.2) is 24.3 Å². The molecule has 1 aromatic rings. The molecular weight excluding hydrogens is 242 g/mol. The number of benzene rings is 1. The zero-order valence-corrected chi connectivity index (χ0v) is 11.1. The Morgan fingerprint density at radius 1 is 1.42 bits per heavy atom. The topological polar surface area (TPSA) is 75.4 Å². The highest BCUT2D eigenvalue weighted by Gasteiger charge is 2.29. The lowest BCUT2D eigenvalue weighted by Crippen LogP contribution is -2.44. The van der Waals surface area contributed by atoms with E-state index in [9.17, 15) is 9.59 Å². The van der Waals surface area contributed by atoms with E-state index in [1.807, 2.05) is 31.2 Å². The van der Waals surface area contributed by atoms with Crippen molar-refractivity contribution in [3.05, 3.63) is 35.4 Å². The minimum Gasteiger partial charge on any atom is -0.368 e. The van der Waals surface area contributed by atoms with Crippen LogP contribution in [-0.2, 0) is 16.1 Å². The number of hydrogen-bond acceptors (Lipinski definition) is 3. The Balaban J connectivity index is 2.22. The number of likely N-dealkylation sites (N-methyl/N-ethyl adjacent to an activating group) is 1. The van der Waals surface area contributed by atoms with E-state index in [0.717, 1.165) is 17.7 Å². The number of fused-ring (bicyclic) bond motifs is 1. The van der Waals surface area contributed by atoms with Crippen molar-refractivity contribution in [1.82, 2.24) is 10.2 Å². The SMILES string of the molecule is CCN(CC(N)=O)C(=O)C1CNCc2ccccc21. The van der Waals surface area contributed by atoms with Gasteiger partial charge < -0.3 is 16.0 Å². The molecule has 1 aromatic carbocycles. The van der Waals surface area contributed by atoms with Gasteiger partial charge >= 0.3 is 0 Å². The third kappa shape index (κ3) is 2.93. The smallest absolute Gasteiger partial charge is 0.237 e. The lowest BCUT2D eigenvalue weighted by molar-refractivity contribution is -0.136. The van der Waals surface area contributed by atoms with Crippen molar-refractivity contribution < 1.29 is 9.59 Å². The number of nitrogens with one attached hydrogen (secondary N) is 1. The molecule has 0 aliphatic carbocycles. The average molecular weight is 261 g/mol. The monoisotopic (exact) mass is 261 g/mol. The summed E-state index contributed by atoms with van der Waals surface area (Å²) < 4.78 is 0. The van der Waals surface area contributed by atoms with Gasteiger partial charge in [0.2, 0.25) is 11.8 Å². The lowest BCUT2D eigenvalue weighted by Gasteiger charge is -2.30. The van der Waals surface area contributed by atoms with Crippen molar-refractivity contribution >= 4 is 11.8 Å². The summed E-state index contributed by atoms with van der Waals surface area (Å²) in [6.45, 7) is 3.70. The second-order valence-electron chi connectivity index (χ2n) is 4.70. The molecule has 1 aliphatic heterocycles. The number of carbonyl (C=O) groups is 2. The van der Waals surface area contributed by atoms with Crippen LogP contribution in [0, 0.1) is 0 Å². The molecule has 0 fully saturated rings. The summed E-state index contributed by atoms with van der Waals surface area (Å²) in [6.07, 6.45) is 0. The Labute approximate surface area is 112 Å². The number of primary amides is 1. The Morgan fingerprint density at radius 3 is 2.84 bits per heavy atom. The van der Waals surface area contributed by atoms with Gasteiger partial charge in [-0.2, -0.15) is 0 Å². The number of nitrogens with two attached hydrogens (primary N) is 1. The van der Waals surface area contributed by atoms with Crippen LogP contribution in [0.3, 0.4) is 0 Å². The Morgan fingerprint density at radius 2 is 2.16 bits per heavy atom. The molecule has 5 heteroatoms. The summed E-state index contributed by atoms with van der Waals surface area (Å²) in [5, 5.41) is 3.24. The van der Waals surface area contributed by atoms with Gasteiger partial charge in [-0.05, 0) is 18.1 Å². The largest absolute Gasteiger partial charge is 0.368 e. The first-order valence-electron chi connectivity index (χ1n) is 6.49. The molecule has 2 amide bonds. The third-order valence-electron chi connectivity index (χ3n) is 3.43. The molecule has 1 atom stereocenters. The van der Waals surface area contributed by atoms with Gasteiger partial charge in [-0.15, -0.1) is 0 Å². The van der Waals surface area contributed by atoms with Gasteiger partial charge in [0.05, 0.1) is 12.5 Å². The zero-order chi connectivity index (χ0) is 13.8. The van der Waals surface area contributed by atoms with E-state index >= 15 is 0 Å². The molecule has 1 unspecified atom stereocenters. The lowest BCUT2D eigenvalue weighted by atomic mass is 9.90. The molecule has 5 nitrogen and oxygen atoms in total. The molecule has 19 heavy (non-hydrogen) atoms. The molecule has 0 radical (unpaired) electrons. The van der Waals surface area contributed by atoms with Gasteiger partial charge in [0.1, 0.15) is 0 Å². The first-order chi connectivity index (χ1) is 9.13. The number of nitrogens with zero attached hydrogens (tertiary/aromatic N) is 1. The Kier molecular flexibility index (Phi) is 4.16. The standard InChI is InChI=1S/C14H19N3O2/c1-2-17(9-13(15)18)14(19)12-8-16-7-10-5-3-4-6-11(10)12/h3-6,12,16H,2,7-9H2,1H3,(H2,15,18). The van der Waals surface area contributed by atoms with E-state index in [1.165, 1.54) is 4.90 Å². The van der Waals surface area contributed by atoms with Crippen LogP contribution in [0.1, 0.15) is 24.0 Å².